The number of nitrogens with zero attached hydrogens (tertiary/aromatic N) is 1. The van der Waals surface area contributed by atoms with Crippen molar-refractivity contribution in [3.63, 3.8) is 0 Å². The van der Waals surface area contributed by atoms with Gasteiger partial charge < -0.3 is 20.3 Å². The average molecular weight is 446 g/mol. The van der Waals surface area contributed by atoms with Gasteiger partial charge >= 0.3 is 6.18 Å². The maximum absolute atomic E-state index is 14.2. The van der Waals surface area contributed by atoms with Gasteiger partial charge in [0.1, 0.15) is 12.8 Å². The van der Waals surface area contributed by atoms with Crippen molar-refractivity contribution in [3.05, 3.63) is 29.1 Å². The molecule has 1 saturated heterocycles. The summed E-state index contributed by atoms with van der Waals surface area (Å²) in [5, 5.41) is 10.5. The van der Waals surface area contributed by atoms with Crippen LogP contribution in [0.3, 0.4) is 0 Å². The molecule has 1 atom stereocenters. The number of alkyl halides is 3. The third kappa shape index (κ3) is 4.80. The molecule has 0 amide bonds. The highest BCUT2D eigenvalue weighted by atomic mass is 19.4. The summed E-state index contributed by atoms with van der Waals surface area (Å²) in [7, 11) is 0. The number of nitrogens with two attached hydrogens (primary N) is 1. The Morgan fingerprint density at radius 3 is 2.55 bits per heavy atom. The van der Waals surface area contributed by atoms with Gasteiger partial charge in [-0.2, -0.15) is 13.2 Å². The van der Waals surface area contributed by atoms with Crippen LogP contribution in [0.5, 0.6) is 5.75 Å². The van der Waals surface area contributed by atoms with Crippen LogP contribution in [0.1, 0.15) is 42.7 Å². The Morgan fingerprint density at radius 1 is 1.29 bits per heavy atom. The topological polar surface area (TPSA) is 85.0 Å². The summed E-state index contributed by atoms with van der Waals surface area (Å²) in [5.74, 6) is -1.34. The molecular weight excluding hydrogens is 420 g/mol. The second-order valence-electron chi connectivity index (χ2n) is 9.12. The van der Waals surface area contributed by atoms with E-state index in [1.54, 1.807) is 0 Å². The van der Waals surface area contributed by atoms with Crippen LogP contribution in [0.4, 0.5) is 17.6 Å². The minimum Gasteiger partial charge on any atom is -0.490 e. The summed E-state index contributed by atoms with van der Waals surface area (Å²) in [5.41, 5.74) is 4.65. The van der Waals surface area contributed by atoms with Crippen LogP contribution in [-0.4, -0.2) is 54.5 Å². The van der Waals surface area contributed by atoms with Crippen LogP contribution >= 0.6 is 0 Å². The number of aliphatic hydroxyl groups is 1. The Labute approximate surface area is 177 Å². The fourth-order valence-corrected chi connectivity index (χ4v) is 4.61. The van der Waals surface area contributed by atoms with Crippen molar-refractivity contribution in [2.75, 3.05) is 26.3 Å². The molecule has 0 spiro atoms. The van der Waals surface area contributed by atoms with Gasteiger partial charge in [0.25, 0.3) is 6.47 Å². The third-order valence-corrected chi connectivity index (χ3v) is 6.46. The molecule has 0 aromatic heterocycles. The Bertz CT molecular complexity index is 818. The van der Waals surface area contributed by atoms with Crippen molar-refractivity contribution in [3.8, 4) is 5.75 Å². The number of hydrogen-bond donors (Lipinski definition) is 2. The van der Waals surface area contributed by atoms with Gasteiger partial charge in [0.2, 0.25) is 0 Å². The van der Waals surface area contributed by atoms with Gasteiger partial charge in [-0.15, -0.1) is 0 Å². The van der Waals surface area contributed by atoms with Crippen LogP contribution < -0.4 is 10.5 Å². The van der Waals surface area contributed by atoms with E-state index < -0.39 is 29.3 Å². The van der Waals surface area contributed by atoms with Gasteiger partial charge in [0.05, 0.1) is 17.7 Å². The summed E-state index contributed by atoms with van der Waals surface area (Å²) >= 11 is 0. The predicted molar refractivity (Wildman–Crippen MR) is 102 cm³/mol. The van der Waals surface area contributed by atoms with Crippen LogP contribution in [0.25, 0.3) is 0 Å². The lowest BCUT2D eigenvalue weighted by Gasteiger charge is -2.51. The average Bonchev–Trinajstić information content (AvgIpc) is 3.47. The lowest BCUT2D eigenvalue weighted by atomic mass is 9.68. The molecule has 4 rings (SSSR count). The summed E-state index contributed by atoms with van der Waals surface area (Å²) in [6.45, 7) is 1.72. The summed E-state index contributed by atoms with van der Waals surface area (Å²) in [6.07, 6.45) is -2.86. The number of rotatable bonds is 9. The molecule has 0 bridgehead atoms. The van der Waals surface area contributed by atoms with E-state index >= 15 is 0 Å². The molecule has 6 nitrogen and oxygen atoms in total. The number of carbonyl (C=O) groups excluding carboxylic acids is 1. The standard InChI is InChI=1S/C21H26F4N2O4/c22-17-4-16(21(23,24)25)15(13-1-2-13)3-18(17)31-9-12-7-27(8-12)19(29)14-5-20(26,6-14)10-30-11-28/h3-4,11-14,19,29H,1-2,5-10,26H2. The number of carbonyl (C=O) groups is 1. The first kappa shape index (κ1) is 22.3. The highest BCUT2D eigenvalue weighted by Gasteiger charge is 2.48. The van der Waals surface area contributed by atoms with Crippen LogP contribution in [-0.2, 0) is 15.7 Å². The Hall–Kier alpha value is -1.91. The Balaban J connectivity index is 1.26. The molecule has 3 aliphatic rings. The number of halogens is 4. The smallest absolute Gasteiger partial charge is 0.416 e. The van der Waals surface area contributed by atoms with Gasteiger partial charge in [-0.25, -0.2) is 4.39 Å². The Kier molecular flexibility index (Phi) is 5.91. The molecule has 172 valence electrons. The van der Waals surface area contributed by atoms with Crippen LogP contribution in [0.2, 0.25) is 0 Å². The fourth-order valence-electron chi connectivity index (χ4n) is 4.61. The van der Waals surface area contributed by atoms with E-state index in [0.717, 1.165) is 0 Å². The number of hydrogen-bond acceptors (Lipinski definition) is 6. The lowest BCUT2D eigenvalue weighted by Crippen LogP contribution is -2.63. The van der Waals surface area contributed by atoms with Gasteiger partial charge in [0, 0.05) is 24.9 Å². The third-order valence-electron chi connectivity index (χ3n) is 6.46. The summed E-state index contributed by atoms with van der Waals surface area (Å²) in [6, 6.07) is 1.72. The zero-order valence-electron chi connectivity index (χ0n) is 16.9. The van der Waals surface area contributed by atoms with E-state index in [4.69, 9.17) is 15.2 Å². The quantitative estimate of drug-likeness (QED) is 0.448. The molecule has 10 heteroatoms. The molecule has 2 aliphatic carbocycles. The van der Waals surface area contributed by atoms with E-state index in [-0.39, 0.29) is 42.3 Å². The van der Waals surface area contributed by atoms with Crippen molar-refractivity contribution >= 4 is 6.47 Å². The number of benzene rings is 1. The van der Waals surface area contributed by atoms with Crippen molar-refractivity contribution in [1.29, 1.82) is 0 Å². The monoisotopic (exact) mass is 446 g/mol. The second kappa shape index (κ2) is 8.22. The maximum Gasteiger partial charge on any atom is 0.416 e. The number of aliphatic hydroxyl groups excluding tert-OH is 1. The molecule has 1 aromatic carbocycles. The molecule has 3 fully saturated rings. The number of ether oxygens (including phenoxy) is 2. The van der Waals surface area contributed by atoms with E-state index in [9.17, 15) is 27.5 Å². The summed E-state index contributed by atoms with van der Waals surface area (Å²) in [4.78, 5) is 12.1. The van der Waals surface area contributed by atoms with Crippen molar-refractivity contribution in [2.24, 2.45) is 17.6 Å². The molecular formula is C21H26F4N2O4. The minimum absolute atomic E-state index is 0.0180. The molecule has 1 unspecified atom stereocenters. The van der Waals surface area contributed by atoms with Gasteiger partial charge in [0.15, 0.2) is 11.6 Å². The van der Waals surface area contributed by atoms with Crippen molar-refractivity contribution in [2.45, 2.75) is 49.5 Å². The van der Waals surface area contributed by atoms with E-state index in [1.807, 2.05) is 4.90 Å². The van der Waals surface area contributed by atoms with Gasteiger partial charge in [-0.05, 0) is 49.3 Å². The minimum atomic E-state index is -4.59. The van der Waals surface area contributed by atoms with E-state index in [0.29, 0.717) is 51.3 Å². The summed E-state index contributed by atoms with van der Waals surface area (Å²) < 4.78 is 64.0. The Morgan fingerprint density at radius 2 is 1.97 bits per heavy atom. The maximum atomic E-state index is 14.2. The first-order chi connectivity index (χ1) is 14.6. The molecule has 1 heterocycles. The van der Waals surface area contributed by atoms with Crippen molar-refractivity contribution < 1.29 is 36.9 Å². The SMILES string of the molecule is NC1(COC=O)CC(C(O)N2CC(COc3cc(C4CC4)c(C(F)(F)F)cc3F)C2)C1. The lowest BCUT2D eigenvalue weighted by molar-refractivity contribution is -0.146. The van der Waals surface area contributed by atoms with Crippen LogP contribution in [0, 0.1) is 17.7 Å². The fraction of sp³-hybridized carbons (Fsp3) is 0.667. The van der Waals surface area contributed by atoms with Gasteiger partial charge in [-0.1, -0.05) is 0 Å². The molecule has 3 N–H and O–H groups in total. The predicted octanol–water partition coefficient (Wildman–Crippen LogP) is 2.63. The van der Waals surface area contributed by atoms with E-state index in [2.05, 4.69) is 0 Å². The first-order valence-corrected chi connectivity index (χ1v) is 10.4. The molecule has 0 radical (unpaired) electrons. The first-order valence-electron chi connectivity index (χ1n) is 10.4. The zero-order chi connectivity index (χ0) is 22.4. The van der Waals surface area contributed by atoms with E-state index in [1.165, 1.54) is 6.07 Å². The highest BCUT2D eigenvalue weighted by Crippen LogP contribution is 2.47. The molecule has 1 aliphatic heterocycles. The normalized spacial score (nSPS) is 27.9. The highest BCUT2D eigenvalue weighted by molar-refractivity contribution is 5.42. The zero-order valence-corrected chi connectivity index (χ0v) is 16.9. The van der Waals surface area contributed by atoms with Crippen molar-refractivity contribution in [1.82, 2.24) is 4.90 Å². The number of likely N-dealkylation sites (tertiary alicyclic amines) is 1. The molecule has 1 aromatic rings. The molecule has 31 heavy (non-hydrogen) atoms. The molecule has 2 saturated carbocycles. The second-order valence-corrected chi connectivity index (χ2v) is 9.12. The van der Waals surface area contributed by atoms with Gasteiger partial charge in [-0.3, -0.25) is 9.69 Å². The largest absolute Gasteiger partial charge is 0.490 e. The van der Waals surface area contributed by atoms with Crippen LogP contribution in [0.15, 0.2) is 12.1 Å².